The molecule has 0 amide bonds. The number of imidazole rings is 1. The monoisotopic (exact) mass is 346 g/mol. The van der Waals surface area contributed by atoms with Gasteiger partial charge in [-0.1, -0.05) is 36.8 Å². The third-order valence-electron chi connectivity index (χ3n) is 4.55. The van der Waals surface area contributed by atoms with E-state index in [4.69, 9.17) is 0 Å². The van der Waals surface area contributed by atoms with Crippen LogP contribution in [0.1, 0.15) is 37.3 Å². The maximum atomic E-state index is 4.18. The Morgan fingerprint density at radius 1 is 1.30 bits per heavy atom. The molecular weight excluding hydrogens is 320 g/mol. The van der Waals surface area contributed by atoms with Gasteiger partial charge in [0.05, 0.1) is 10.4 Å². The lowest BCUT2D eigenvalue weighted by Crippen LogP contribution is -2.32. The van der Waals surface area contributed by atoms with Gasteiger partial charge < -0.3 is 4.57 Å². The molecule has 0 bridgehead atoms. The lowest BCUT2D eigenvalue weighted by Gasteiger charge is -2.40. The molecule has 2 heterocycles. The lowest BCUT2D eigenvalue weighted by atomic mass is 10.1. The quantitative estimate of drug-likeness (QED) is 0.718. The second-order valence-corrected chi connectivity index (χ2v) is 9.83. The van der Waals surface area contributed by atoms with E-state index in [-0.39, 0.29) is 0 Å². The Bertz CT molecular complexity index is 594. The number of benzene rings is 1. The Hall–Kier alpha value is -0.870. The standard InChI is InChI=1S/C19H26N2S2/c1-3-18-8-13-22-19(23-18,9-11-21-12-10-20-15-21)14-17-6-4-16(2)5-7-17/h4-7,10,12,15,18H,3,8-9,11,13-14H2,1-2H3. The van der Waals surface area contributed by atoms with E-state index in [0.717, 1.165) is 18.2 Å². The molecule has 1 aliphatic heterocycles. The lowest BCUT2D eigenvalue weighted by molar-refractivity contribution is 0.586. The minimum atomic E-state index is 0.304. The zero-order valence-electron chi connectivity index (χ0n) is 14.1. The SMILES string of the molecule is CCC1CCSC(CCn2ccnc2)(Cc2ccc(C)cc2)S1. The highest BCUT2D eigenvalue weighted by atomic mass is 32.2. The number of aryl methyl sites for hydroxylation is 2. The summed E-state index contributed by atoms with van der Waals surface area (Å²) in [5, 5.41) is 0.810. The van der Waals surface area contributed by atoms with E-state index < -0.39 is 0 Å². The van der Waals surface area contributed by atoms with Crippen molar-refractivity contribution in [3.8, 4) is 0 Å². The average Bonchev–Trinajstić information content (AvgIpc) is 3.09. The molecular formula is C19H26N2S2. The van der Waals surface area contributed by atoms with E-state index in [2.05, 4.69) is 77.4 Å². The van der Waals surface area contributed by atoms with Gasteiger partial charge in [-0.05, 0) is 43.9 Å². The van der Waals surface area contributed by atoms with Crippen LogP contribution in [0.4, 0.5) is 0 Å². The van der Waals surface area contributed by atoms with Gasteiger partial charge in [0, 0.05) is 24.2 Å². The third-order valence-corrected chi connectivity index (χ3v) is 8.18. The summed E-state index contributed by atoms with van der Waals surface area (Å²) in [5.41, 5.74) is 2.81. The van der Waals surface area contributed by atoms with Crippen molar-refractivity contribution in [1.82, 2.24) is 9.55 Å². The first-order valence-electron chi connectivity index (χ1n) is 8.52. The first-order valence-corrected chi connectivity index (χ1v) is 10.4. The van der Waals surface area contributed by atoms with Crippen LogP contribution in [0.2, 0.25) is 0 Å². The number of thioether (sulfide) groups is 2. The molecule has 0 N–H and O–H groups in total. The van der Waals surface area contributed by atoms with Crippen molar-refractivity contribution >= 4 is 23.5 Å². The summed E-state index contributed by atoms with van der Waals surface area (Å²) in [4.78, 5) is 4.18. The summed E-state index contributed by atoms with van der Waals surface area (Å²) in [7, 11) is 0. The minimum absolute atomic E-state index is 0.304. The van der Waals surface area contributed by atoms with Crippen molar-refractivity contribution in [2.24, 2.45) is 0 Å². The maximum absolute atomic E-state index is 4.18. The van der Waals surface area contributed by atoms with Crippen LogP contribution in [0.25, 0.3) is 0 Å². The summed E-state index contributed by atoms with van der Waals surface area (Å²) < 4.78 is 2.52. The van der Waals surface area contributed by atoms with Gasteiger partial charge >= 0.3 is 0 Å². The predicted octanol–water partition coefficient (Wildman–Crippen LogP) is 5.17. The summed E-state index contributed by atoms with van der Waals surface area (Å²) in [5.74, 6) is 1.29. The fraction of sp³-hybridized carbons (Fsp3) is 0.526. The molecule has 124 valence electrons. The fourth-order valence-electron chi connectivity index (χ4n) is 3.11. The number of rotatable bonds is 6. The topological polar surface area (TPSA) is 17.8 Å². The van der Waals surface area contributed by atoms with E-state index in [1.54, 1.807) is 0 Å². The first-order chi connectivity index (χ1) is 11.2. The van der Waals surface area contributed by atoms with Gasteiger partial charge in [0.15, 0.2) is 0 Å². The molecule has 4 heteroatoms. The largest absolute Gasteiger partial charge is 0.337 e. The molecule has 0 radical (unpaired) electrons. The highest BCUT2D eigenvalue weighted by molar-refractivity contribution is 8.19. The van der Waals surface area contributed by atoms with Crippen LogP contribution in [0.3, 0.4) is 0 Å². The van der Waals surface area contributed by atoms with E-state index in [1.807, 2.05) is 12.5 Å². The van der Waals surface area contributed by atoms with Crippen molar-refractivity contribution < 1.29 is 0 Å². The number of hydrogen-bond donors (Lipinski definition) is 0. The van der Waals surface area contributed by atoms with Gasteiger partial charge in [0.1, 0.15) is 0 Å². The van der Waals surface area contributed by atoms with E-state index >= 15 is 0 Å². The summed E-state index contributed by atoms with van der Waals surface area (Å²) >= 11 is 4.41. The molecule has 23 heavy (non-hydrogen) atoms. The van der Waals surface area contributed by atoms with Crippen LogP contribution in [0.5, 0.6) is 0 Å². The Kier molecular flexibility index (Phi) is 5.76. The van der Waals surface area contributed by atoms with Crippen LogP contribution >= 0.6 is 23.5 Å². The summed E-state index contributed by atoms with van der Waals surface area (Å²) in [6.07, 6.45) is 10.9. The molecule has 1 aromatic heterocycles. The molecule has 0 saturated carbocycles. The Morgan fingerprint density at radius 2 is 2.13 bits per heavy atom. The highest BCUT2D eigenvalue weighted by Gasteiger charge is 2.37. The average molecular weight is 347 g/mol. The van der Waals surface area contributed by atoms with Gasteiger partial charge in [-0.15, -0.1) is 23.5 Å². The molecule has 2 atom stereocenters. The van der Waals surface area contributed by atoms with E-state index in [1.165, 1.54) is 36.1 Å². The second-order valence-electron chi connectivity index (χ2n) is 6.41. The molecule has 2 nitrogen and oxygen atoms in total. The predicted molar refractivity (Wildman–Crippen MR) is 103 cm³/mol. The molecule has 1 aromatic carbocycles. The molecule has 0 aliphatic carbocycles. The zero-order chi connectivity index (χ0) is 16.1. The van der Waals surface area contributed by atoms with Gasteiger partial charge in [-0.2, -0.15) is 0 Å². The van der Waals surface area contributed by atoms with Crippen molar-refractivity contribution in [2.45, 2.75) is 55.4 Å². The fourth-order valence-corrected chi connectivity index (χ4v) is 6.94. The molecule has 1 fully saturated rings. The number of nitrogens with zero attached hydrogens (tertiary/aromatic N) is 2. The van der Waals surface area contributed by atoms with Gasteiger partial charge in [-0.25, -0.2) is 4.98 Å². The third kappa shape index (κ3) is 4.57. The summed E-state index contributed by atoms with van der Waals surface area (Å²) in [6, 6.07) is 9.11. The number of hydrogen-bond acceptors (Lipinski definition) is 3. The van der Waals surface area contributed by atoms with Crippen LogP contribution < -0.4 is 0 Å². The molecule has 2 unspecified atom stereocenters. The van der Waals surface area contributed by atoms with E-state index in [9.17, 15) is 0 Å². The maximum Gasteiger partial charge on any atom is 0.0945 e. The van der Waals surface area contributed by atoms with E-state index in [0.29, 0.717) is 4.08 Å². The Labute approximate surface area is 148 Å². The van der Waals surface area contributed by atoms with Crippen molar-refractivity contribution in [3.63, 3.8) is 0 Å². The van der Waals surface area contributed by atoms with Crippen LogP contribution in [0, 0.1) is 6.92 Å². The normalized spacial score (nSPS) is 24.7. The molecule has 2 aromatic rings. The number of aromatic nitrogens is 2. The first kappa shape index (κ1) is 17.0. The molecule has 3 rings (SSSR count). The smallest absolute Gasteiger partial charge is 0.0945 e. The molecule has 1 aliphatic rings. The van der Waals surface area contributed by atoms with Gasteiger partial charge in [-0.3, -0.25) is 0 Å². The van der Waals surface area contributed by atoms with Crippen LogP contribution in [0.15, 0.2) is 43.0 Å². The van der Waals surface area contributed by atoms with Crippen molar-refractivity contribution in [1.29, 1.82) is 0 Å². The van der Waals surface area contributed by atoms with Crippen LogP contribution in [-0.2, 0) is 13.0 Å². The Balaban J connectivity index is 1.75. The minimum Gasteiger partial charge on any atom is -0.337 e. The molecule has 1 saturated heterocycles. The Morgan fingerprint density at radius 3 is 2.83 bits per heavy atom. The van der Waals surface area contributed by atoms with Crippen molar-refractivity contribution in [2.75, 3.05) is 5.75 Å². The second kappa shape index (κ2) is 7.80. The van der Waals surface area contributed by atoms with Crippen molar-refractivity contribution in [3.05, 3.63) is 54.1 Å². The zero-order valence-corrected chi connectivity index (χ0v) is 15.7. The van der Waals surface area contributed by atoms with Crippen LogP contribution in [-0.4, -0.2) is 24.6 Å². The van der Waals surface area contributed by atoms with Gasteiger partial charge in [0.25, 0.3) is 0 Å². The molecule has 0 spiro atoms. The summed E-state index contributed by atoms with van der Waals surface area (Å²) in [6.45, 7) is 5.55. The highest BCUT2D eigenvalue weighted by Crippen LogP contribution is 2.51. The van der Waals surface area contributed by atoms with Gasteiger partial charge in [0.2, 0.25) is 0 Å².